The minimum atomic E-state index is -2.83. The van der Waals surface area contributed by atoms with E-state index in [0.717, 1.165) is 25.9 Å². The van der Waals surface area contributed by atoms with E-state index in [1.54, 1.807) is 13.8 Å². The fourth-order valence-corrected chi connectivity index (χ4v) is 2.94. The average Bonchev–Trinajstić information content (AvgIpc) is 2.05. The summed E-state index contributed by atoms with van der Waals surface area (Å²) in [6.45, 7) is 5.46. The van der Waals surface area contributed by atoms with Gasteiger partial charge < -0.3 is 5.32 Å². The molecule has 1 rings (SSSR count). The van der Waals surface area contributed by atoms with Gasteiger partial charge in [0.2, 0.25) is 0 Å². The Hall–Kier alpha value is -0.0900. The maximum Gasteiger partial charge on any atom is 0.152 e. The van der Waals surface area contributed by atoms with E-state index in [1.807, 2.05) is 0 Å². The van der Waals surface area contributed by atoms with Crippen LogP contribution in [0.2, 0.25) is 0 Å². The van der Waals surface area contributed by atoms with Crippen LogP contribution < -0.4 is 5.32 Å². The molecule has 0 atom stereocenters. The van der Waals surface area contributed by atoms with Gasteiger partial charge in [-0.2, -0.15) is 0 Å². The van der Waals surface area contributed by atoms with Crippen LogP contribution in [0, 0.1) is 5.92 Å². The molecule has 0 amide bonds. The predicted molar refractivity (Wildman–Crippen MR) is 54.5 cm³/mol. The molecule has 1 aliphatic heterocycles. The lowest BCUT2D eigenvalue weighted by molar-refractivity contribution is 0.400. The lowest BCUT2D eigenvalue weighted by Crippen LogP contribution is -2.33. The molecule has 3 nitrogen and oxygen atoms in total. The molecule has 0 aromatic heterocycles. The van der Waals surface area contributed by atoms with Gasteiger partial charge in [0.05, 0.1) is 11.0 Å². The number of nitrogens with one attached hydrogen (secondary N) is 1. The second kappa shape index (κ2) is 4.42. The van der Waals surface area contributed by atoms with Crippen molar-refractivity contribution < 1.29 is 8.42 Å². The van der Waals surface area contributed by atoms with Crippen LogP contribution in [-0.4, -0.2) is 32.5 Å². The van der Waals surface area contributed by atoms with Crippen LogP contribution in [0.1, 0.15) is 26.7 Å². The topological polar surface area (TPSA) is 46.2 Å². The van der Waals surface area contributed by atoms with Crippen molar-refractivity contribution in [3.63, 3.8) is 0 Å². The summed E-state index contributed by atoms with van der Waals surface area (Å²) in [5.74, 6) is 0.764. The van der Waals surface area contributed by atoms with Crippen molar-refractivity contribution in [2.24, 2.45) is 5.92 Å². The highest BCUT2D eigenvalue weighted by atomic mass is 32.2. The standard InChI is InChI=1S/C9H19NO2S/c1-8(2)13(11,12)7-9-3-5-10-6-4-9/h8-10H,3-7H2,1-2H3. The Morgan fingerprint density at radius 1 is 1.31 bits per heavy atom. The van der Waals surface area contributed by atoms with Gasteiger partial charge in [-0.1, -0.05) is 0 Å². The number of rotatable bonds is 3. The summed E-state index contributed by atoms with van der Waals surface area (Å²) in [6.07, 6.45) is 2.01. The summed E-state index contributed by atoms with van der Waals surface area (Å²) in [5.41, 5.74) is 0. The van der Waals surface area contributed by atoms with Crippen molar-refractivity contribution in [2.75, 3.05) is 18.8 Å². The summed E-state index contributed by atoms with van der Waals surface area (Å²) in [4.78, 5) is 0. The molecular formula is C9H19NO2S. The van der Waals surface area contributed by atoms with E-state index in [2.05, 4.69) is 5.32 Å². The number of hydrogen-bond acceptors (Lipinski definition) is 3. The summed E-state index contributed by atoms with van der Waals surface area (Å²) in [7, 11) is -2.83. The van der Waals surface area contributed by atoms with Crippen molar-refractivity contribution in [1.29, 1.82) is 0 Å². The molecule has 0 bridgehead atoms. The lowest BCUT2D eigenvalue weighted by atomic mass is 10.0. The van der Waals surface area contributed by atoms with E-state index in [4.69, 9.17) is 0 Å². The summed E-state index contributed by atoms with van der Waals surface area (Å²) in [5, 5.41) is 3.01. The van der Waals surface area contributed by atoms with Crippen LogP contribution in [0.25, 0.3) is 0 Å². The predicted octanol–water partition coefficient (Wildman–Crippen LogP) is 0.809. The molecule has 1 fully saturated rings. The Labute approximate surface area is 80.8 Å². The monoisotopic (exact) mass is 205 g/mol. The lowest BCUT2D eigenvalue weighted by Gasteiger charge is -2.23. The molecule has 0 saturated carbocycles. The van der Waals surface area contributed by atoms with E-state index >= 15 is 0 Å². The Bertz CT molecular complexity index is 240. The van der Waals surface area contributed by atoms with Gasteiger partial charge in [0.25, 0.3) is 0 Å². The Morgan fingerprint density at radius 3 is 2.31 bits per heavy atom. The molecule has 0 radical (unpaired) electrons. The fourth-order valence-electron chi connectivity index (χ4n) is 1.57. The molecule has 78 valence electrons. The Morgan fingerprint density at radius 2 is 1.85 bits per heavy atom. The van der Waals surface area contributed by atoms with Crippen molar-refractivity contribution in [1.82, 2.24) is 5.32 Å². The second-order valence-corrected chi connectivity index (χ2v) is 6.67. The molecular weight excluding hydrogens is 186 g/mol. The molecule has 1 heterocycles. The van der Waals surface area contributed by atoms with Gasteiger partial charge in [0, 0.05) is 0 Å². The van der Waals surface area contributed by atoms with E-state index in [9.17, 15) is 8.42 Å². The van der Waals surface area contributed by atoms with Crippen LogP contribution in [-0.2, 0) is 9.84 Å². The van der Waals surface area contributed by atoms with Crippen LogP contribution in [0.5, 0.6) is 0 Å². The van der Waals surface area contributed by atoms with Crippen molar-refractivity contribution in [2.45, 2.75) is 31.9 Å². The maximum absolute atomic E-state index is 11.6. The van der Waals surface area contributed by atoms with Gasteiger partial charge in [-0.15, -0.1) is 0 Å². The van der Waals surface area contributed by atoms with Crippen LogP contribution in [0.4, 0.5) is 0 Å². The second-order valence-electron chi connectivity index (χ2n) is 4.07. The summed E-state index contributed by atoms with van der Waals surface area (Å²) >= 11 is 0. The number of hydrogen-bond donors (Lipinski definition) is 1. The first-order valence-corrected chi connectivity index (χ1v) is 6.66. The first-order chi connectivity index (χ1) is 6.02. The molecule has 0 aromatic rings. The number of sulfone groups is 1. The minimum absolute atomic E-state index is 0.220. The molecule has 13 heavy (non-hydrogen) atoms. The highest BCUT2D eigenvalue weighted by Crippen LogP contribution is 2.16. The van der Waals surface area contributed by atoms with Gasteiger partial charge >= 0.3 is 0 Å². The first kappa shape index (κ1) is 11.0. The molecule has 1 saturated heterocycles. The van der Waals surface area contributed by atoms with Gasteiger partial charge in [0.15, 0.2) is 9.84 Å². The van der Waals surface area contributed by atoms with Crippen molar-refractivity contribution in [3.8, 4) is 0 Å². The van der Waals surface area contributed by atoms with E-state index in [1.165, 1.54) is 0 Å². The zero-order valence-electron chi connectivity index (χ0n) is 8.41. The van der Waals surface area contributed by atoms with Crippen LogP contribution >= 0.6 is 0 Å². The van der Waals surface area contributed by atoms with Crippen LogP contribution in [0.3, 0.4) is 0 Å². The third kappa shape index (κ3) is 3.27. The Balaban J connectivity index is 2.47. The molecule has 0 unspecified atom stereocenters. The fraction of sp³-hybridized carbons (Fsp3) is 1.00. The van der Waals surface area contributed by atoms with Gasteiger partial charge in [0.1, 0.15) is 0 Å². The van der Waals surface area contributed by atoms with Crippen LogP contribution in [0.15, 0.2) is 0 Å². The molecule has 1 aliphatic rings. The minimum Gasteiger partial charge on any atom is -0.317 e. The SMILES string of the molecule is CC(C)S(=O)(=O)CC1CCNCC1. The average molecular weight is 205 g/mol. The van der Waals surface area contributed by atoms with E-state index in [0.29, 0.717) is 11.7 Å². The highest BCUT2D eigenvalue weighted by molar-refractivity contribution is 7.91. The highest BCUT2D eigenvalue weighted by Gasteiger charge is 2.23. The molecule has 0 aromatic carbocycles. The Kier molecular flexibility index (Phi) is 3.74. The van der Waals surface area contributed by atoms with E-state index < -0.39 is 9.84 Å². The largest absolute Gasteiger partial charge is 0.317 e. The van der Waals surface area contributed by atoms with Gasteiger partial charge in [-0.05, 0) is 45.7 Å². The van der Waals surface area contributed by atoms with Gasteiger partial charge in [-0.3, -0.25) is 0 Å². The molecule has 1 N–H and O–H groups in total. The third-order valence-electron chi connectivity index (χ3n) is 2.64. The smallest absolute Gasteiger partial charge is 0.152 e. The molecule has 4 heteroatoms. The molecule has 0 spiro atoms. The number of piperidine rings is 1. The zero-order chi connectivity index (χ0) is 9.90. The quantitative estimate of drug-likeness (QED) is 0.741. The summed E-state index contributed by atoms with van der Waals surface area (Å²) < 4.78 is 23.2. The third-order valence-corrected chi connectivity index (χ3v) is 5.02. The zero-order valence-corrected chi connectivity index (χ0v) is 9.23. The summed E-state index contributed by atoms with van der Waals surface area (Å²) in [6, 6.07) is 0. The molecule has 0 aliphatic carbocycles. The van der Waals surface area contributed by atoms with Gasteiger partial charge in [-0.25, -0.2) is 8.42 Å². The maximum atomic E-state index is 11.6. The normalized spacial score (nSPS) is 20.8. The van der Waals surface area contributed by atoms with E-state index in [-0.39, 0.29) is 5.25 Å². The first-order valence-electron chi connectivity index (χ1n) is 4.94. The van der Waals surface area contributed by atoms with Crippen molar-refractivity contribution in [3.05, 3.63) is 0 Å². The van der Waals surface area contributed by atoms with Crippen molar-refractivity contribution >= 4 is 9.84 Å².